The Hall–Kier alpha value is -6.66. The molecule has 520 valence electrons. The Balaban J connectivity index is 1.43. The van der Waals surface area contributed by atoms with Crippen molar-refractivity contribution in [2.24, 2.45) is 59.0 Å². The van der Waals surface area contributed by atoms with Crippen molar-refractivity contribution in [3.8, 4) is 0 Å². The number of Topliss-reactive ketones (excluding diaryl/α,β-unsaturated/α-hetero) is 3. The van der Waals surface area contributed by atoms with Crippen LogP contribution in [-0.2, 0) is 75.1 Å². The van der Waals surface area contributed by atoms with Gasteiger partial charge < -0.3 is 60.9 Å². The summed E-state index contributed by atoms with van der Waals surface area (Å²) in [5, 5.41) is 20.5. The molecule has 4 rings (SSSR count). The van der Waals surface area contributed by atoms with Crippen LogP contribution in [0.4, 0.5) is 10.5 Å². The highest BCUT2D eigenvalue weighted by atomic mass is 16.7. The van der Waals surface area contributed by atoms with Gasteiger partial charge in [0.25, 0.3) is 0 Å². The Morgan fingerprint density at radius 1 is 0.731 bits per heavy atom. The van der Waals surface area contributed by atoms with Gasteiger partial charge in [0.05, 0.1) is 56.0 Å². The molecule has 23 nitrogen and oxygen atoms in total. The summed E-state index contributed by atoms with van der Waals surface area (Å²) in [6.07, 6.45) is 1.31. The molecule has 7 N–H and O–H groups in total. The van der Waals surface area contributed by atoms with Crippen LogP contribution in [-0.4, -0.2) is 183 Å². The van der Waals surface area contributed by atoms with Crippen LogP contribution >= 0.6 is 0 Å². The number of aliphatic carboxylic acids is 1. The van der Waals surface area contributed by atoms with Crippen molar-refractivity contribution in [3.63, 3.8) is 0 Å². The van der Waals surface area contributed by atoms with Crippen LogP contribution in [0.5, 0.6) is 0 Å². The summed E-state index contributed by atoms with van der Waals surface area (Å²) in [5.74, 6) is -7.16. The molecule has 2 heterocycles. The zero-order chi connectivity index (χ0) is 69.2. The highest BCUT2D eigenvalue weighted by molar-refractivity contribution is 5.97. The number of amides is 7. The van der Waals surface area contributed by atoms with Crippen LogP contribution in [0.15, 0.2) is 54.6 Å². The van der Waals surface area contributed by atoms with Crippen molar-refractivity contribution in [2.75, 3.05) is 67.0 Å². The van der Waals surface area contributed by atoms with Crippen molar-refractivity contribution in [1.82, 2.24) is 30.7 Å². The molecule has 0 radical (unpaired) electrons. The summed E-state index contributed by atoms with van der Waals surface area (Å²) in [6.45, 7) is 18.1. The zero-order valence-corrected chi connectivity index (χ0v) is 57.7. The van der Waals surface area contributed by atoms with Gasteiger partial charge in [-0.15, -0.1) is 0 Å². The van der Waals surface area contributed by atoms with Crippen LogP contribution in [0.2, 0.25) is 0 Å². The molecule has 0 saturated carbocycles. The van der Waals surface area contributed by atoms with Crippen molar-refractivity contribution in [3.05, 3.63) is 65.7 Å². The first-order chi connectivity index (χ1) is 44.0. The van der Waals surface area contributed by atoms with E-state index in [1.807, 2.05) is 90.9 Å². The van der Waals surface area contributed by atoms with Gasteiger partial charge in [-0.2, -0.15) is 0 Å². The van der Waals surface area contributed by atoms with E-state index in [4.69, 9.17) is 24.7 Å². The molecule has 2 fully saturated rings. The minimum atomic E-state index is -1.01. The monoisotopic (exact) mass is 1300 g/mol. The van der Waals surface area contributed by atoms with Crippen molar-refractivity contribution < 1.29 is 72.0 Å². The first-order valence-corrected chi connectivity index (χ1v) is 33.4. The molecule has 93 heavy (non-hydrogen) atoms. The molecule has 0 bridgehead atoms. The van der Waals surface area contributed by atoms with Crippen LogP contribution in [0.25, 0.3) is 0 Å². The zero-order valence-electron chi connectivity index (χ0n) is 57.7. The average molecular weight is 1300 g/mol. The maximum atomic E-state index is 14.7. The van der Waals surface area contributed by atoms with Gasteiger partial charge in [-0.3, -0.25) is 48.1 Å². The lowest BCUT2D eigenvalue weighted by Crippen LogP contribution is -2.54. The van der Waals surface area contributed by atoms with Crippen molar-refractivity contribution >= 4 is 64.6 Å². The summed E-state index contributed by atoms with van der Waals surface area (Å²) in [7, 11) is 8.59. The molecule has 2 aromatic carbocycles. The Labute approximate surface area is 551 Å². The Kier molecular flexibility index (Phi) is 33.3. The fourth-order valence-corrected chi connectivity index (χ4v) is 13.1. The predicted molar refractivity (Wildman–Crippen MR) is 354 cm³/mol. The molecular formula is C70H110N8O15. The normalized spacial score (nSPS) is 19.1. The lowest BCUT2D eigenvalue weighted by molar-refractivity contribution is -0.209. The van der Waals surface area contributed by atoms with Gasteiger partial charge in [0.15, 0.2) is 17.9 Å². The summed E-state index contributed by atoms with van der Waals surface area (Å²) in [5.41, 5.74) is 7.27. The third-order valence-electron chi connectivity index (χ3n) is 18.6. The molecular weight excluding hydrogens is 1190 g/mol. The second kappa shape index (κ2) is 39.3. The number of carbonyl (C=O) groups is 10. The predicted octanol–water partition coefficient (Wildman–Crippen LogP) is 7.21. The molecule has 11 atom stereocenters. The largest absolute Gasteiger partial charge is 0.481 e. The van der Waals surface area contributed by atoms with E-state index < -0.39 is 84.1 Å². The maximum Gasteiger partial charge on any atom is 0.312 e. The SMILES string of the molecule is CC[C@H](C)[C@@H]([C@@H](CC(=O)N1CCCC1[C@H](OC)[C@@H](C)C(=O)C[C@@H](Cc1ccccc1)C(=O)NCc1ccc(NC(=O)[C@H](CCCNC(N)=O)CC(=O)[C@@H](NC(=O)CCCC2OCC(C(=O)O)CO2)C(C)C)cc1)OC)N(C)C(=O)[C@@H](CC(=O)[C@H](C(C)C)N(C)C)C(C)C. The van der Waals surface area contributed by atoms with Crippen LogP contribution in [0.3, 0.4) is 0 Å². The number of ketones is 3. The van der Waals surface area contributed by atoms with Crippen molar-refractivity contribution in [1.29, 1.82) is 0 Å². The van der Waals surface area contributed by atoms with Crippen LogP contribution < -0.4 is 27.0 Å². The van der Waals surface area contributed by atoms with Crippen molar-refractivity contribution in [2.45, 2.75) is 195 Å². The summed E-state index contributed by atoms with van der Waals surface area (Å²) >= 11 is 0. The standard InChI is InChI=1S/C70H110N8O15/c1-15-45(8)64(77(12)68(86)53(42(2)3)37-57(81)63(44(6)7)76(10)11)58(90-13)38-60(83)78-33-21-25-54(78)65(91-14)46(9)55(79)36-50(34-47-22-17-16-18-23-47)66(84)73-39-48-28-30-52(31-29-48)74-67(85)49(24-20-32-72-70(71)89)35-56(80)62(43(4)5)75-59(82)26-19-27-61-92-40-51(41-93-61)69(87)88/h16-18,22-23,28-31,42-46,49-51,53-54,58,61-65H,15,19-21,24-27,32-41H2,1-14H3,(H,73,84)(H,74,85)(H,75,82)(H,87,88)(H3,71,72,89)/t45-,46-,49+,50+,51?,53-,54?,58+,61?,62-,63-,64-,65+/m0/s1. The number of rotatable bonds is 41. The Bertz CT molecular complexity index is 2730. The summed E-state index contributed by atoms with van der Waals surface area (Å²) in [4.78, 5) is 141. The molecule has 7 amide bonds. The highest BCUT2D eigenvalue weighted by Crippen LogP contribution is 2.33. The number of likely N-dealkylation sites (tertiary alicyclic amines) is 1. The van der Waals surface area contributed by atoms with E-state index >= 15 is 0 Å². The molecule has 1 unspecified atom stereocenters. The molecule has 2 aliphatic heterocycles. The number of hydrogen-bond donors (Lipinski definition) is 6. The number of anilines is 1. The number of carbonyl (C=O) groups excluding carboxylic acids is 9. The second-order valence-corrected chi connectivity index (χ2v) is 26.8. The highest BCUT2D eigenvalue weighted by Gasteiger charge is 2.44. The van der Waals surface area contributed by atoms with E-state index in [0.29, 0.717) is 56.3 Å². The smallest absolute Gasteiger partial charge is 0.312 e. The number of nitrogens with one attached hydrogen (secondary N) is 4. The first-order valence-electron chi connectivity index (χ1n) is 33.4. The van der Waals surface area contributed by atoms with Gasteiger partial charge in [0.1, 0.15) is 11.7 Å². The average Bonchev–Trinajstić information content (AvgIpc) is 1.82. The number of carboxylic acids is 1. The minimum Gasteiger partial charge on any atom is -0.481 e. The number of methoxy groups -OCH3 is 2. The lowest BCUT2D eigenvalue weighted by atomic mass is 9.83. The number of primary amides is 1. The van der Waals surface area contributed by atoms with Crippen LogP contribution in [0, 0.1) is 53.3 Å². The molecule has 2 aromatic rings. The molecule has 2 aliphatic rings. The fourth-order valence-electron chi connectivity index (χ4n) is 13.1. The summed E-state index contributed by atoms with van der Waals surface area (Å²) < 4.78 is 23.2. The number of nitrogens with two attached hydrogens (primary N) is 1. The van der Waals surface area contributed by atoms with Gasteiger partial charge in [0, 0.05) is 95.9 Å². The third-order valence-corrected chi connectivity index (χ3v) is 18.6. The molecule has 23 heteroatoms. The number of ether oxygens (including phenoxy) is 4. The quantitative estimate of drug-likeness (QED) is 0.0358. The fraction of sp³-hybridized carbons (Fsp3) is 0.686. The van der Waals surface area contributed by atoms with Gasteiger partial charge in [0.2, 0.25) is 29.5 Å². The topological polar surface area (TPSA) is 312 Å². The third kappa shape index (κ3) is 24.6. The van der Waals surface area contributed by atoms with E-state index in [0.717, 1.165) is 5.56 Å². The minimum absolute atomic E-state index is 0.0128. The number of urea groups is 1. The van der Waals surface area contributed by atoms with E-state index in [9.17, 15) is 53.1 Å². The van der Waals surface area contributed by atoms with E-state index in [1.54, 1.807) is 69.0 Å². The Morgan fingerprint density at radius 3 is 1.94 bits per heavy atom. The van der Waals surface area contributed by atoms with Crippen LogP contribution in [0.1, 0.15) is 150 Å². The number of nitrogens with zero attached hydrogens (tertiary/aromatic N) is 3. The lowest BCUT2D eigenvalue weighted by Gasteiger charge is -2.41. The van der Waals surface area contributed by atoms with Gasteiger partial charge >= 0.3 is 12.0 Å². The van der Waals surface area contributed by atoms with E-state index in [-0.39, 0.29) is 142 Å². The van der Waals surface area contributed by atoms with E-state index in [1.165, 1.54) is 7.11 Å². The first kappa shape index (κ1) is 78.8. The second-order valence-electron chi connectivity index (χ2n) is 26.8. The molecule has 0 aliphatic carbocycles. The van der Waals surface area contributed by atoms with E-state index in [2.05, 4.69) is 21.3 Å². The molecule has 2 saturated heterocycles. The van der Waals surface area contributed by atoms with Gasteiger partial charge in [-0.25, -0.2) is 4.79 Å². The number of benzene rings is 2. The number of likely N-dealkylation sites (N-methyl/N-ethyl adjacent to an activating group) is 2. The molecule has 0 spiro atoms. The molecule has 0 aromatic heterocycles. The number of carboxylic acid groups (broad SMARTS) is 1. The summed E-state index contributed by atoms with van der Waals surface area (Å²) in [6, 6.07) is 13.4. The number of hydrogen-bond acceptors (Lipinski definition) is 15. The Morgan fingerprint density at radius 2 is 1.38 bits per heavy atom. The van der Waals surface area contributed by atoms with Gasteiger partial charge in [-0.05, 0) is 106 Å². The maximum absolute atomic E-state index is 14.7. The van der Waals surface area contributed by atoms with Gasteiger partial charge in [-0.1, -0.05) is 111 Å².